The van der Waals surface area contributed by atoms with Crippen molar-refractivity contribution in [1.29, 1.82) is 0 Å². The molecule has 1 unspecified atom stereocenters. The average molecular weight is 379 g/mol. The molecule has 1 aliphatic carbocycles. The molecule has 2 aromatic heterocycles. The van der Waals surface area contributed by atoms with E-state index >= 15 is 0 Å². The summed E-state index contributed by atoms with van der Waals surface area (Å²) in [6, 6.07) is 9.73. The minimum atomic E-state index is -0.692. The molecule has 4 rings (SSSR count). The molecule has 28 heavy (non-hydrogen) atoms. The zero-order chi connectivity index (χ0) is 19.6. The van der Waals surface area contributed by atoms with Gasteiger partial charge in [-0.1, -0.05) is 25.0 Å². The molecule has 7 heteroatoms. The van der Waals surface area contributed by atoms with Gasteiger partial charge in [0.2, 0.25) is 5.91 Å². The second kappa shape index (κ2) is 7.50. The standard InChI is InChI=1S/C21H22FN5O/c1-14(18-25-19(27-26-18)15-6-5-11-23-13-15)24-20(28)21(9-2-3-10-21)16-7-4-8-17(22)12-16/h4-8,11-14H,2-3,9-10H2,1H3,(H,24,28)(H,25,26,27). The summed E-state index contributed by atoms with van der Waals surface area (Å²) < 4.78 is 13.8. The maximum absolute atomic E-state index is 13.8. The summed E-state index contributed by atoms with van der Waals surface area (Å²) >= 11 is 0. The van der Waals surface area contributed by atoms with E-state index in [2.05, 4.69) is 25.5 Å². The van der Waals surface area contributed by atoms with Crippen molar-refractivity contribution in [2.24, 2.45) is 0 Å². The second-order valence-corrected chi connectivity index (χ2v) is 7.28. The Hall–Kier alpha value is -3.09. The first kappa shape index (κ1) is 18.3. The molecule has 1 fully saturated rings. The number of nitrogens with one attached hydrogen (secondary N) is 2. The number of carbonyl (C=O) groups excluding carboxylic acids is 1. The third-order valence-electron chi connectivity index (χ3n) is 5.45. The molecular formula is C21H22FN5O. The molecule has 1 saturated carbocycles. The molecule has 1 aromatic carbocycles. The van der Waals surface area contributed by atoms with E-state index in [1.54, 1.807) is 18.5 Å². The Morgan fingerprint density at radius 3 is 2.79 bits per heavy atom. The van der Waals surface area contributed by atoms with Crippen molar-refractivity contribution in [2.45, 2.75) is 44.1 Å². The number of pyridine rings is 1. The lowest BCUT2D eigenvalue weighted by Gasteiger charge is -2.29. The van der Waals surface area contributed by atoms with Gasteiger partial charge in [0, 0.05) is 18.0 Å². The highest BCUT2D eigenvalue weighted by molar-refractivity contribution is 5.88. The van der Waals surface area contributed by atoms with Gasteiger partial charge in [0.1, 0.15) is 11.6 Å². The zero-order valence-electron chi connectivity index (χ0n) is 15.7. The van der Waals surface area contributed by atoms with E-state index in [0.29, 0.717) is 24.5 Å². The third-order valence-corrected chi connectivity index (χ3v) is 5.45. The van der Waals surface area contributed by atoms with Gasteiger partial charge in [-0.05, 0) is 49.6 Å². The van der Waals surface area contributed by atoms with Crippen LogP contribution >= 0.6 is 0 Å². The summed E-state index contributed by atoms with van der Waals surface area (Å²) in [4.78, 5) is 21.8. The number of hydrogen-bond acceptors (Lipinski definition) is 4. The number of hydrogen-bond donors (Lipinski definition) is 2. The second-order valence-electron chi connectivity index (χ2n) is 7.28. The van der Waals surface area contributed by atoms with Crippen LogP contribution in [-0.4, -0.2) is 26.1 Å². The molecule has 2 heterocycles. The van der Waals surface area contributed by atoms with Crippen LogP contribution in [0.5, 0.6) is 0 Å². The van der Waals surface area contributed by atoms with Crippen molar-refractivity contribution in [1.82, 2.24) is 25.5 Å². The van der Waals surface area contributed by atoms with Crippen molar-refractivity contribution < 1.29 is 9.18 Å². The Bertz CT molecular complexity index is 966. The van der Waals surface area contributed by atoms with Gasteiger partial charge in [-0.25, -0.2) is 9.37 Å². The molecule has 6 nitrogen and oxygen atoms in total. The minimum absolute atomic E-state index is 0.0950. The Balaban J connectivity index is 1.54. The van der Waals surface area contributed by atoms with Crippen molar-refractivity contribution in [2.75, 3.05) is 0 Å². The summed E-state index contributed by atoms with van der Waals surface area (Å²) in [5.41, 5.74) is 0.849. The van der Waals surface area contributed by atoms with Gasteiger partial charge in [0.25, 0.3) is 0 Å². The lowest BCUT2D eigenvalue weighted by molar-refractivity contribution is -0.127. The average Bonchev–Trinajstić information content (AvgIpc) is 3.39. The summed E-state index contributed by atoms with van der Waals surface area (Å²) in [6.07, 6.45) is 6.71. The molecule has 1 atom stereocenters. The lowest BCUT2D eigenvalue weighted by atomic mass is 9.77. The van der Waals surface area contributed by atoms with E-state index in [4.69, 9.17) is 0 Å². The minimum Gasteiger partial charge on any atom is -0.346 e. The number of amides is 1. The van der Waals surface area contributed by atoms with Crippen LogP contribution in [0.1, 0.15) is 50.0 Å². The number of carbonyl (C=O) groups is 1. The molecule has 0 saturated heterocycles. The molecule has 2 N–H and O–H groups in total. The molecule has 0 aliphatic heterocycles. The summed E-state index contributed by atoms with van der Waals surface area (Å²) in [7, 11) is 0. The van der Waals surface area contributed by atoms with Crippen molar-refractivity contribution >= 4 is 5.91 Å². The maximum Gasteiger partial charge on any atom is 0.231 e. The third kappa shape index (κ3) is 3.40. The van der Waals surface area contributed by atoms with Crippen LogP contribution in [0.3, 0.4) is 0 Å². The Morgan fingerprint density at radius 2 is 2.07 bits per heavy atom. The number of halogens is 1. The van der Waals surface area contributed by atoms with Crippen LogP contribution in [0, 0.1) is 5.82 Å². The van der Waals surface area contributed by atoms with Gasteiger partial charge in [0.05, 0.1) is 11.5 Å². The van der Waals surface area contributed by atoms with Crippen LogP contribution < -0.4 is 5.32 Å². The van der Waals surface area contributed by atoms with Crippen LogP contribution in [0.4, 0.5) is 4.39 Å². The highest BCUT2D eigenvalue weighted by Gasteiger charge is 2.43. The predicted octanol–water partition coefficient (Wildman–Crippen LogP) is 3.70. The molecule has 0 bridgehead atoms. The SMILES string of the molecule is CC(NC(=O)C1(c2cccc(F)c2)CCCC1)c1nc(-c2cccnc2)n[nH]1. The largest absolute Gasteiger partial charge is 0.346 e. The van der Waals surface area contributed by atoms with E-state index in [0.717, 1.165) is 24.0 Å². The molecule has 1 aliphatic rings. The fraction of sp³-hybridized carbons (Fsp3) is 0.333. The number of benzene rings is 1. The summed E-state index contributed by atoms with van der Waals surface area (Å²) in [5, 5.41) is 10.2. The fourth-order valence-electron chi connectivity index (χ4n) is 3.91. The van der Waals surface area contributed by atoms with E-state index in [-0.39, 0.29) is 17.8 Å². The van der Waals surface area contributed by atoms with E-state index in [1.807, 2.05) is 25.1 Å². The molecule has 1 amide bonds. The molecule has 144 valence electrons. The van der Waals surface area contributed by atoms with Gasteiger partial charge in [0.15, 0.2) is 5.82 Å². The quantitative estimate of drug-likeness (QED) is 0.708. The first-order chi connectivity index (χ1) is 13.6. The fourth-order valence-corrected chi connectivity index (χ4v) is 3.91. The van der Waals surface area contributed by atoms with E-state index in [1.165, 1.54) is 12.1 Å². The molecule has 0 radical (unpaired) electrons. The van der Waals surface area contributed by atoms with Gasteiger partial charge >= 0.3 is 0 Å². The van der Waals surface area contributed by atoms with E-state index in [9.17, 15) is 9.18 Å². The van der Waals surface area contributed by atoms with E-state index < -0.39 is 5.41 Å². The molecule has 3 aromatic rings. The molecular weight excluding hydrogens is 357 g/mol. The smallest absolute Gasteiger partial charge is 0.231 e. The summed E-state index contributed by atoms with van der Waals surface area (Å²) in [6.45, 7) is 1.86. The number of aromatic nitrogens is 4. The van der Waals surface area contributed by atoms with Crippen LogP contribution in [0.15, 0.2) is 48.8 Å². The van der Waals surface area contributed by atoms with Crippen LogP contribution in [0.2, 0.25) is 0 Å². The van der Waals surface area contributed by atoms with Gasteiger partial charge in [-0.2, -0.15) is 5.10 Å². The highest BCUT2D eigenvalue weighted by Crippen LogP contribution is 2.42. The normalized spacial score (nSPS) is 16.6. The number of aromatic amines is 1. The topological polar surface area (TPSA) is 83.6 Å². The number of nitrogens with zero attached hydrogens (tertiary/aromatic N) is 3. The maximum atomic E-state index is 13.8. The lowest BCUT2D eigenvalue weighted by Crippen LogP contribution is -2.43. The van der Waals surface area contributed by atoms with Gasteiger partial charge in [-0.3, -0.25) is 14.9 Å². The predicted molar refractivity (Wildman–Crippen MR) is 103 cm³/mol. The van der Waals surface area contributed by atoms with Gasteiger partial charge < -0.3 is 5.32 Å². The van der Waals surface area contributed by atoms with Gasteiger partial charge in [-0.15, -0.1) is 0 Å². The molecule has 0 spiro atoms. The Kier molecular flexibility index (Phi) is 4.90. The zero-order valence-corrected chi connectivity index (χ0v) is 15.7. The van der Waals surface area contributed by atoms with Crippen LogP contribution in [-0.2, 0) is 10.2 Å². The first-order valence-electron chi connectivity index (χ1n) is 9.48. The first-order valence-corrected chi connectivity index (χ1v) is 9.48. The summed E-state index contributed by atoms with van der Waals surface area (Å²) in [5.74, 6) is 0.688. The van der Waals surface area contributed by atoms with Crippen molar-refractivity contribution in [3.8, 4) is 11.4 Å². The monoisotopic (exact) mass is 379 g/mol. The van der Waals surface area contributed by atoms with Crippen molar-refractivity contribution in [3.63, 3.8) is 0 Å². The van der Waals surface area contributed by atoms with Crippen LogP contribution in [0.25, 0.3) is 11.4 Å². The van der Waals surface area contributed by atoms with Crippen molar-refractivity contribution in [3.05, 3.63) is 66.0 Å². The highest BCUT2D eigenvalue weighted by atomic mass is 19.1. The number of rotatable bonds is 5. The Labute approximate surface area is 162 Å². The number of H-pyrrole nitrogens is 1. The Morgan fingerprint density at radius 1 is 1.25 bits per heavy atom.